The lowest BCUT2D eigenvalue weighted by molar-refractivity contribution is 0.101. The highest BCUT2D eigenvalue weighted by atomic mass is 16.3. The Bertz CT molecular complexity index is 1300. The molecule has 4 rings (SSSR count). The molecule has 0 unspecified atom stereocenters. The first-order valence-electron chi connectivity index (χ1n) is 10.1. The summed E-state index contributed by atoms with van der Waals surface area (Å²) in [5, 5.41) is 20.1. The summed E-state index contributed by atoms with van der Waals surface area (Å²) in [4.78, 5) is 25.4. The number of para-hydroxylation sites is 2. The maximum absolute atomic E-state index is 12.9. The van der Waals surface area contributed by atoms with Crippen LogP contribution < -0.4 is 10.6 Å². The van der Waals surface area contributed by atoms with E-state index in [4.69, 9.17) is 0 Å². The molecule has 0 saturated heterocycles. The average molecular weight is 426 g/mol. The van der Waals surface area contributed by atoms with Crippen LogP contribution in [-0.2, 0) is 0 Å². The van der Waals surface area contributed by atoms with Crippen LogP contribution in [0.25, 0.3) is 5.69 Å². The van der Waals surface area contributed by atoms with E-state index >= 15 is 0 Å². The highest BCUT2D eigenvalue weighted by Gasteiger charge is 2.17. The van der Waals surface area contributed by atoms with Gasteiger partial charge in [-0.3, -0.25) is 9.59 Å². The minimum absolute atomic E-state index is 0.111. The van der Waals surface area contributed by atoms with Crippen LogP contribution in [0.15, 0.2) is 78.9 Å². The van der Waals surface area contributed by atoms with Gasteiger partial charge in [0.1, 0.15) is 5.75 Å². The van der Waals surface area contributed by atoms with Gasteiger partial charge in [0.2, 0.25) is 0 Å². The van der Waals surface area contributed by atoms with Gasteiger partial charge < -0.3 is 15.7 Å². The van der Waals surface area contributed by atoms with Crippen LogP contribution in [-0.4, -0.2) is 26.7 Å². The third-order valence-electron chi connectivity index (χ3n) is 5.06. The summed E-state index contributed by atoms with van der Waals surface area (Å²) in [7, 11) is 0. The first-order chi connectivity index (χ1) is 15.4. The van der Waals surface area contributed by atoms with Crippen molar-refractivity contribution in [2.45, 2.75) is 13.8 Å². The minimum Gasteiger partial charge on any atom is -0.507 e. The molecule has 0 aliphatic heterocycles. The van der Waals surface area contributed by atoms with Crippen molar-refractivity contribution in [3.8, 4) is 11.4 Å². The normalized spacial score (nSPS) is 10.6. The maximum Gasteiger partial charge on any atom is 0.259 e. The van der Waals surface area contributed by atoms with Gasteiger partial charge in [0.05, 0.1) is 28.3 Å². The Hall–Kier alpha value is -4.39. The van der Waals surface area contributed by atoms with E-state index in [0.29, 0.717) is 22.6 Å². The van der Waals surface area contributed by atoms with Crippen molar-refractivity contribution in [3.63, 3.8) is 0 Å². The Morgan fingerprint density at radius 3 is 2.31 bits per heavy atom. The second-order valence-corrected chi connectivity index (χ2v) is 7.30. The van der Waals surface area contributed by atoms with E-state index in [1.54, 1.807) is 41.1 Å². The molecule has 0 fully saturated rings. The molecule has 0 aliphatic rings. The number of phenolic OH excluding ortho intramolecular Hbond substituents is 1. The number of phenols is 1. The summed E-state index contributed by atoms with van der Waals surface area (Å²) in [5.74, 6) is -0.890. The Morgan fingerprint density at radius 1 is 0.844 bits per heavy atom. The molecule has 7 heteroatoms. The largest absolute Gasteiger partial charge is 0.507 e. The van der Waals surface area contributed by atoms with E-state index in [2.05, 4.69) is 15.7 Å². The van der Waals surface area contributed by atoms with Crippen molar-refractivity contribution in [2.24, 2.45) is 0 Å². The summed E-state index contributed by atoms with van der Waals surface area (Å²) in [6.45, 7) is 3.73. The van der Waals surface area contributed by atoms with E-state index in [1.165, 1.54) is 12.1 Å². The zero-order valence-electron chi connectivity index (χ0n) is 17.7. The van der Waals surface area contributed by atoms with Gasteiger partial charge in [-0.05, 0) is 56.3 Å². The van der Waals surface area contributed by atoms with Crippen LogP contribution >= 0.6 is 0 Å². The van der Waals surface area contributed by atoms with Gasteiger partial charge in [0, 0.05) is 11.3 Å². The second kappa shape index (κ2) is 8.77. The molecule has 0 atom stereocenters. The number of aromatic hydroxyl groups is 1. The number of benzene rings is 3. The van der Waals surface area contributed by atoms with Crippen LogP contribution in [0.5, 0.6) is 5.75 Å². The maximum atomic E-state index is 12.9. The Morgan fingerprint density at radius 2 is 1.56 bits per heavy atom. The number of amides is 2. The van der Waals surface area contributed by atoms with Gasteiger partial charge in [-0.25, -0.2) is 4.68 Å². The monoisotopic (exact) mass is 426 g/mol. The smallest absolute Gasteiger partial charge is 0.259 e. The molecule has 0 saturated carbocycles. The topological polar surface area (TPSA) is 96.3 Å². The molecule has 0 spiro atoms. The first-order valence-corrected chi connectivity index (χ1v) is 10.1. The van der Waals surface area contributed by atoms with Gasteiger partial charge in [-0.15, -0.1) is 0 Å². The van der Waals surface area contributed by atoms with E-state index in [0.717, 1.165) is 11.4 Å². The quantitative estimate of drug-likeness (QED) is 0.431. The van der Waals surface area contributed by atoms with Crippen LogP contribution in [0.4, 0.5) is 11.4 Å². The first kappa shape index (κ1) is 20.9. The number of nitrogens with one attached hydrogen (secondary N) is 2. The highest BCUT2D eigenvalue weighted by Crippen LogP contribution is 2.24. The number of carbonyl (C=O) groups excluding carboxylic acids is 2. The summed E-state index contributed by atoms with van der Waals surface area (Å²) >= 11 is 0. The molecule has 160 valence electrons. The number of nitrogens with zero attached hydrogens (tertiary/aromatic N) is 2. The fraction of sp³-hybridized carbons (Fsp3) is 0.0800. The van der Waals surface area contributed by atoms with Gasteiger partial charge >= 0.3 is 0 Å². The van der Waals surface area contributed by atoms with Crippen LogP contribution in [0.2, 0.25) is 0 Å². The van der Waals surface area contributed by atoms with Crippen molar-refractivity contribution in [1.29, 1.82) is 0 Å². The number of anilines is 2. The zero-order chi connectivity index (χ0) is 22.7. The molecule has 3 aromatic carbocycles. The molecular formula is C25H22N4O3. The number of hydrogen-bond acceptors (Lipinski definition) is 4. The molecule has 3 N–H and O–H groups in total. The van der Waals surface area contributed by atoms with Gasteiger partial charge in [-0.2, -0.15) is 5.10 Å². The molecule has 2 amide bonds. The number of aromatic nitrogens is 2. The molecule has 0 radical (unpaired) electrons. The Labute approximate surface area is 185 Å². The molecule has 1 aromatic heterocycles. The van der Waals surface area contributed by atoms with E-state index < -0.39 is 5.91 Å². The number of hydrogen-bond donors (Lipinski definition) is 3. The zero-order valence-corrected chi connectivity index (χ0v) is 17.7. The number of carbonyl (C=O) groups is 2. The summed E-state index contributed by atoms with van der Waals surface area (Å²) < 4.78 is 1.79. The van der Waals surface area contributed by atoms with Gasteiger partial charge in [-0.1, -0.05) is 36.4 Å². The Balaban J connectivity index is 1.53. The van der Waals surface area contributed by atoms with Crippen molar-refractivity contribution >= 4 is 23.2 Å². The fourth-order valence-corrected chi connectivity index (χ4v) is 3.43. The predicted octanol–water partition coefficient (Wildman–Crippen LogP) is 4.70. The molecule has 0 bridgehead atoms. The van der Waals surface area contributed by atoms with E-state index in [1.807, 2.05) is 44.2 Å². The lowest BCUT2D eigenvalue weighted by Crippen LogP contribution is -2.15. The van der Waals surface area contributed by atoms with Crippen molar-refractivity contribution in [2.75, 3.05) is 10.6 Å². The molecule has 0 aliphatic carbocycles. The van der Waals surface area contributed by atoms with Crippen molar-refractivity contribution in [1.82, 2.24) is 9.78 Å². The van der Waals surface area contributed by atoms with Crippen LogP contribution in [0.1, 0.15) is 32.1 Å². The fourth-order valence-electron chi connectivity index (χ4n) is 3.43. The minimum atomic E-state index is -0.462. The second-order valence-electron chi connectivity index (χ2n) is 7.30. The lowest BCUT2D eigenvalue weighted by Gasteiger charge is -2.10. The molecule has 7 nitrogen and oxygen atoms in total. The number of rotatable bonds is 5. The lowest BCUT2D eigenvalue weighted by atomic mass is 10.1. The molecule has 32 heavy (non-hydrogen) atoms. The summed E-state index contributed by atoms with van der Waals surface area (Å²) in [6.07, 6.45) is 0. The summed E-state index contributed by atoms with van der Waals surface area (Å²) in [6, 6.07) is 22.6. The van der Waals surface area contributed by atoms with E-state index in [9.17, 15) is 14.7 Å². The van der Waals surface area contributed by atoms with Gasteiger partial charge in [0.25, 0.3) is 11.8 Å². The molecule has 4 aromatic rings. The van der Waals surface area contributed by atoms with Crippen molar-refractivity contribution < 1.29 is 14.7 Å². The third kappa shape index (κ3) is 4.22. The standard InChI is InChI=1S/C25H22N4O3/c1-16-23(17(2)29(28-16)20-11-4-3-5-12-20)27-24(31)18-9-8-10-19(15-18)26-25(32)21-13-6-7-14-22(21)30/h3-15,30H,1-2H3,(H,26,32)(H,27,31). The third-order valence-corrected chi connectivity index (χ3v) is 5.06. The molecule has 1 heterocycles. The summed E-state index contributed by atoms with van der Waals surface area (Å²) in [5.41, 5.74) is 4.03. The predicted molar refractivity (Wildman–Crippen MR) is 123 cm³/mol. The van der Waals surface area contributed by atoms with Gasteiger partial charge in [0.15, 0.2) is 0 Å². The average Bonchev–Trinajstić information content (AvgIpc) is 3.08. The highest BCUT2D eigenvalue weighted by molar-refractivity contribution is 6.08. The SMILES string of the molecule is Cc1nn(-c2ccccc2)c(C)c1NC(=O)c1cccc(NC(=O)c2ccccc2O)c1. The Kier molecular flexibility index (Phi) is 5.72. The number of aryl methyl sites for hydroxylation is 1. The van der Waals surface area contributed by atoms with Crippen LogP contribution in [0.3, 0.4) is 0 Å². The molecular weight excluding hydrogens is 404 g/mol. The van der Waals surface area contributed by atoms with Crippen molar-refractivity contribution in [3.05, 3.63) is 101 Å². The van der Waals surface area contributed by atoms with E-state index in [-0.39, 0.29) is 17.2 Å². The van der Waals surface area contributed by atoms with Crippen LogP contribution in [0, 0.1) is 13.8 Å².